The van der Waals surface area contributed by atoms with Crippen molar-refractivity contribution in [2.24, 2.45) is 0 Å². The van der Waals surface area contributed by atoms with Crippen molar-refractivity contribution in [1.29, 1.82) is 0 Å². The number of ether oxygens (including phenoxy) is 4. The van der Waals surface area contributed by atoms with Crippen LogP contribution in [0, 0.1) is 0 Å². The molecule has 5 nitrogen and oxygen atoms in total. The third kappa shape index (κ3) is 4.94. The zero-order chi connectivity index (χ0) is 33.6. The second-order valence-corrected chi connectivity index (χ2v) is 12.1. The van der Waals surface area contributed by atoms with Crippen molar-refractivity contribution in [3.05, 3.63) is 127 Å². The molecule has 0 atom stereocenters. The normalized spacial score (nSPS) is 11.3. The molecule has 0 aliphatic rings. The number of hydrogen-bond acceptors (Lipinski definition) is 5. The van der Waals surface area contributed by atoms with E-state index in [1.807, 2.05) is 72.8 Å². The minimum absolute atomic E-state index is 0.229. The van der Waals surface area contributed by atoms with Crippen LogP contribution in [0.2, 0.25) is 0 Å². The highest BCUT2D eigenvalue weighted by Crippen LogP contribution is 2.52. The maximum absolute atomic E-state index is 12.3. The molecule has 0 aromatic heterocycles. The molecule has 0 bridgehead atoms. The highest BCUT2D eigenvalue weighted by atomic mass is 16.5. The van der Waals surface area contributed by atoms with Crippen LogP contribution in [0.25, 0.3) is 76.8 Å². The van der Waals surface area contributed by atoms with Gasteiger partial charge in [0.2, 0.25) is 0 Å². The summed E-state index contributed by atoms with van der Waals surface area (Å²) in [6.07, 6.45) is 0. The molecule has 0 heterocycles. The van der Waals surface area contributed by atoms with Crippen molar-refractivity contribution < 1.29 is 24.1 Å². The van der Waals surface area contributed by atoms with E-state index < -0.39 is 0 Å². The molecule has 49 heavy (non-hydrogen) atoms. The summed E-state index contributed by atoms with van der Waals surface area (Å²) in [5.74, 6) is 3.35. The molecule has 0 saturated carbocycles. The van der Waals surface area contributed by atoms with Gasteiger partial charge in [-0.15, -0.1) is 0 Å². The molecule has 240 valence electrons. The van der Waals surface area contributed by atoms with Gasteiger partial charge in [0.15, 0.2) is 0 Å². The average Bonchev–Trinajstić information content (AvgIpc) is 3.17. The van der Waals surface area contributed by atoms with E-state index >= 15 is 0 Å². The zero-order valence-electron chi connectivity index (χ0n) is 27.7. The van der Waals surface area contributed by atoms with E-state index in [-0.39, 0.29) is 5.75 Å². The molecule has 8 aromatic carbocycles. The van der Waals surface area contributed by atoms with Crippen LogP contribution in [0.15, 0.2) is 127 Å². The summed E-state index contributed by atoms with van der Waals surface area (Å²) in [6.45, 7) is 0. The number of hydrogen-bond donors (Lipinski definition) is 1. The van der Waals surface area contributed by atoms with E-state index in [1.165, 1.54) is 0 Å². The molecule has 0 unspecified atom stereocenters. The van der Waals surface area contributed by atoms with Crippen LogP contribution < -0.4 is 18.9 Å². The Hall–Kier alpha value is -6.20. The van der Waals surface area contributed by atoms with Crippen molar-refractivity contribution in [3.63, 3.8) is 0 Å². The SMILES string of the molecule is COc1ccc(-c2cc(-c3ccc(OC)cc3)c3ccc4c(-c5ccc(OC)cc5)c(O)c(-c5ccc(OC)cc5)c5ccc2c3c54)cc1. The van der Waals surface area contributed by atoms with Gasteiger partial charge in [-0.05, 0) is 120 Å². The van der Waals surface area contributed by atoms with Crippen LogP contribution in [0.1, 0.15) is 0 Å². The Morgan fingerprint density at radius 2 is 0.633 bits per heavy atom. The van der Waals surface area contributed by atoms with E-state index in [0.29, 0.717) is 0 Å². The second-order valence-electron chi connectivity index (χ2n) is 12.1. The summed E-state index contributed by atoms with van der Waals surface area (Å²) in [5, 5.41) is 18.7. The Labute approximate surface area is 284 Å². The van der Waals surface area contributed by atoms with Crippen molar-refractivity contribution in [2.45, 2.75) is 0 Å². The van der Waals surface area contributed by atoms with E-state index in [2.05, 4.69) is 54.6 Å². The first-order valence-corrected chi connectivity index (χ1v) is 16.1. The molecule has 0 amide bonds. The molecule has 8 aromatic rings. The van der Waals surface area contributed by atoms with E-state index in [1.54, 1.807) is 28.4 Å². The van der Waals surface area contributed by atoms with E-state index in [4.69, 9.17) is 18.9 Å². The third-order valence-corrected chi connectivity index (χ3v) is 9.60. The van der Waals surface area contributed by atoms with Gasteiger partial charge in [-0.2, -0.15) is 0 Å². The van der Waals surface area contributed by atoms with E-state index in [0.717, 1.165) is 99.8 Å². The minimum atomic E-state index is 0.229. The Morgan fingerprint density at radius 1 is 0.347 bits per heavy atom. The van der Waals surface area contributed by atoms with Crippen molar-refractivity contribution in [2.75, 3.05) is 28.4 Å². The fourth-order valence-corrected chi connectivity index (χ4v) is 7.16. The number of phenolic OH excluding ortho intramolecular Hbond substituents is 1. The lowest BCUT2D eigenvalue weighted by molar-refractivity contribution is 0.414. The summed E-state index contributed by atoms with van der Waals surface area (Å²) in [6, 6.07) is 43.2. The van der Waals surface area contributed by atoms with Gasteiger partial charge >= 0.3 is 0 Å². The fourth-order valence-electron chi connectivity index (χ4n) is 7.16. The van der Waals surface area contributed by atoms with Gasteiger partial charge in [-0.1, -0.05) is 72.8 Å². The molecule has 0 fully saturated rings. The van der Waals surface area contributed by atoms with Crippen LogP contribution in [-0.4, -0.2) is 33.5 Å². The first kappa shape index (κ1) is 30.2. The molecule has 5 heteroatoms. The topological polar surface area (TPSA) is 57.2 Å². The average molecular weight is 643 g/mol. The van der Waals surface area contributed by atoms with Gasteiger partial charge in [-0.25, -0.2) is 0 Å². The summed E-state index contributed by atoms with van der Waals surface area (Å²) in [5.41, 5.74) is 7.74. The number of phenols is 1. The van der Waals surface area contributed by atoms with Crippen molar-refractivity contribution in [3.8, 4) is 73.3 Å². The largest absolute Gasteiger partial charge is 0.507 e. The molecule has 0 aliphatic heterocycles. The Morgan fingerprint density at radius 3 is 0.959 bits per heavy atom. The number of aromatic hydroxyl groups is 1. The monoisotopic (exact) mass is 642 g/mol. The predicted octanol–water partition coefficient (Wildman–Crippen LogP) is 11.0. The predicted molar refractivity (Wildman–Crippen MR) is 200 cm³/mol. The van der Waals surface area contributed by atoms with Crippen LogP contribution in [-0.2, 0) is 0 Å². The van der Waals surface area contributed by atoms with Crippen molar-refractivity contribution in [1.82, 2.24) is 0 Å². The molecule has 0 saturated heterocycles. The minimum Gasteiger partial charge on any atom is -0.507 e. The highest BCUT2D eigenvalue weighted by Gasteiger charge is 2.24. The lowest BCUT2D eigenvalue weighted by atomic mass is 9.81. The van der Waals surface area contributed by atoms with Crippen LogP contribution in [0.5, 0.6) is 28.7 Å². The highest BCUT2D eigenvalue weighted by molar-refractivity contribution is 6.32. The summed E-state index contributed by atoms with van der Waals surface area (Å²) in [7, 11) is 6.68. The quantitative estimate of drug-likeness (QED) is 0.167. The molecule has 8 rings (SSSR count). The summed E-state index contributed by atoms with van der Waals surface area (Å²) in [4.78, 5) is 0. The van der Waals surface area contributed by atoms with Crippen LogP contribution in [0.4, 0.5) is 0 Å². The molecule has 0 radical (unpaired) electrons. The Balaban J connectivity index is 1.54. The van der Waals surface area contributed by atoms with Gasteiger partial charge in [0.25, 0.3) is 0 Å². The molecular formula is C44H34O5. The molecule has 1 N–H and O–H groups in total. The van der Waals surface area contributed by atoms with Crippen molar-refractivity contribution >= 4 is 32.3 Å². The van der Waals surface area contributed by atoms with E-state index in [9.17, 15) is 5.11 Å². The lowest BCUT2D eigenvalue weighted by Crippen LogP contribution is -1.95. The first-order chi connectivity index (χ1) is 24.0. The maximum atomic E-state index is 12.3. The zero-order valence-corrected chi connectivity index (χ0v) is 27.7. The Bertz CT molecular complexity index is 2280. The molecular weight excluding hydrogens is 608 g/mol. The standard InChI is InChI=1S/C44H34O5/c1-46-30-13-5-26(6-14-30)38-25-39(27-7-15-31(47-2)16-8-27)35-22-24-37-41(29-11-19-33(49-4)20-12-29)44(45)40(28-9-17-32(48-3)18-10-28)36-23-21-34(38)42(35)43(36)37/h5-25,45H,1-4H3. The lowest BCUT2D eigenvalue weighted by Gasteiger charge is -2.23. The maximum Gasteiger partial charge on any atom is 0.132 e. The smallest absolute Gasteiger partial charge is 0.132 e. The Kier molecular flexibility index (Phi) is 7.45. The van der Waals surface area contributed by atoms with Crippen LogP contribution >= 0.6 is 0 Å². The number of benzene rings is 8. The first-order valence-electron chi connectivity index (χ1n) is 16.1. The third-order valence-electron chi connectivity index (χ3n) is 9.60. The number of methoxy groups -OCH3 is 4. The van der Waals surface area contributed by atoms with Gasteiger partial charge in [0, 0.05) is 11.1 Å². The summed E-state index contributed by atoms with van der Waals surface area (Å²) >= 11 is 0. The van der Waals surface area contributed by atoms with Gasteiger partial charge < -0.3 is 24.1 Å². The summed E-state index contributed by atoms with van der Waals surface area (Å²) < 4.78 is 22.0. The molecule has 0 spiro atoms. The number of rotatable bonds is 8. The fraction of sp³-hybridized carbons (Fsp3) is 0.0909. The van der Waals surface area contributed by atoms with Gasteiger partial charge in [0.05, 0.1) is 28.4 Å². The van der Waals surface area contributed by atoms with Crippen LogP contribution in [0.3, 0.4) is 0 Å². The van der Waals surface area contributed by atoms with Gasteiger partial charge in [0.1, 0.15) is 28.7 Å². The van der Waals surface area contributed by atoms with Gasteiger partial charge in [-0.3, -0.25) is 0 Å². The molecule has 0 aliphatic carbocycles. The second kappa shape index (κ2) is 12.1.